The van der Waals surface area contributed by atoms with Gasteiger partial charge in [-0.2, -0.15) is 13.2 Å². The highest BCUT2D eigenvalue weighted by atomic mass is 19.4. The number of halogens is 3. The van der Waals surface area contributed by atoms with Gasteiger partial charge in [0.05, 0.1) is 5.56 Å². The van der Waals surface area contributed by atoms with Crippen LogP contribution in [0.1, 0.15) is 44.2 Å². The van der Waals surface area contributed by atoms with E-state index in [0.717, 1.165) is 6.07 Å². The van der Waals surface area contributed by atoms with E-state index >= 15 is 0 Å². The van der Waals surface area contributed by atoms with Crippen molar-refractivity contribution in [3.63, 3.8) is 0 Å². The predicted octanol–water partition coefficient (Wildman–Crippen LogP) is 4.24. The molecule has 0 aromatic heterocycles. The number of hydrogen-bond acceptors (Lipinski definition) is 3. The summed E-state index contributed by atoms with van der Waals surface area (Å²) in [5, 5.41) is 0. The second-order valence-electron chi connectivity index (χ2n) is 7.22. The van der Waals surface area contributed by atoms with Crippen LogP contribution in [0.2, 0.25) is 0 Å². The Hall–Kier alpha value is -2.05. The third-order valence-corrected chi connectivity index (χ3v) is 4.16. The molecule has 1 amide bonds. The van der Waals surface area contributed by atoms with Crippen molar-refractivity contribution in [2.45, 2.75) is 44.9 Å². The molecule has 0 saturated carbocycles. The molecule has 7 heteroatoms. The van der Waals surface area contributed by atoms with Crippen molar-refractivity contribution in [3.8, 4) is 0 Å². The van der Waals surface area contributed by atoms with Gasteiger partial charge in [-0.3, -0.25) is 0 Å². The van der Waals surface area contributed by atoms with Gasteiger partial charge in [0.2, 0.25) is 0 Å². The maximum absolute atomic E-state index is 13.2. The summed E-state index contributed by atoms with van der Waals surface area (Å²) in [5.41, 5.74) is -1.49. The fraction of sp³-hybridized carbons (Fsp3) is 0.556. The molecule has 1 fully saturated rings. The van der Waals surface area contributed by atoms with E-state index in [4.69, 9.17) is 4.74 Å². The highest BCUT2D eigenvalue weighted by molar-refractivity contribution is 5.69. The molecule has 1 aromatic rings. The molecule has 25 heavy (non-hydrogen) atoms. The average molecular weight is 357 g/mol. The lowest BCUT2D eigenvalue weighted by Crippen LogP contribution is -2.35. The van der Waals surface area contributed by atoms with Gasteiger partial charge in [0.25, 0.3) is 0 Å². The van der Waals surface area contributed by atoms with Crippen LogP contribution in [-0.2, 0) is 15.7 Å². The lowest BCUT2D eigenvalue weighted by molar-refractivity contribution is -0.138. The molecule has 2 atom stereocenters. The van der Waals surface area contributed by atoms with Gasteiger partial charge >= 0.3 is 12.3 Å². The van der Waals surface area contributed by atoms with E-state index in [0.29, 0.717) is 19.3 Å². The van der Waals surface area contributed by atoms with Crippen molar-refractivity contribution in [1.82, 2.24) is 4.90 Å². The molecule has 1 aromatic carbocycles. The van der Waals surface area contributed by atoms with Crippen LogP contribution in [0.5, 0.6) is 0 Å². The van der Waals surface area contributed by atoms with E-state index in [1.54, 1.807) is 20.8 Å². The number of amides is 1. The summed E-state index contributed by atoms with van der Waals surface area (Å²) in [5.74, 6) is -1.28. The zero-order chi connectivity index (χ0) is 18.8. The van der Waals surface area contributed by atoms with Crippen LogP contribution in [0.15, 0.2) is 24.3 Å². The van der Waals surface area contributed by atoms with Crippen molar-refractivity contribution in [2.75, 3.05) is 13.1 Å². The number of carbonyl (C=O) groups excluding carboxylic acids is 2. The Morgan fingerprint density at radius 2 is 1.92 bits per heavy atom. The summed E-state index contributed by atoms with van der Waals surface area (Å²) in [7, 11) is 0. The highest BCUT2D eigenvalue weighted by Gasteiger charge is 2.39. The predicted molar refractivity (Wildman–Crippen MR) is 86.2 cm³/mol. The van der Waals surface area contributed by atoms with Gasteiger partial charge < -0.3 is 14.4 Å². The normalized spacial score (nSPS) is 19.6. The third-order valence-electron chi connectivity index (χ3n) is 4.16. The third kappa shape index (κ3) is 4.74. The fourth-order valence-corrected chi connectivity index (χ4v) is 3.06. The van der Waals surface area contributed by atoms with Crippen molar-refractivity contribution in [3.05, 3.63) is 35.4 Å². The second-order valence-corrected chi connectivity index (χ2v) is 7.22. The maximum atomic E-state index is 13.2. The minimum Gasteiger partial charge on any atom is -0.444 e. The monoisotopic (exact) mass is 357 g/mol. The zero-order valence-corrected chi connectivity index (χ0v) is 14.5. The Morgan fingerprint density at radius 3 is 2.48 bits per heavy atom. The molecule has 0 bridgehead atoms. The van der Waals surface area contributed by atoms with Crippen LogP contribution in [0.3, 0.4) is 0 Å². The molecule has 2 unspecified atom stereocenters. The number of likely N-dealkylation sites (tertiary alicyclic amines) is 1. The van der Waals surface area contributed by atoms with Gasteiger partial charge in [0, 0.05) is 19.0 Å². The van der Waals surface area contributed by atoms with Crippen LogP contribution in [0.25, 0.3) is 0 Å². The van der Waals surface area contributed by atoms with Crippen LogP contribution in [0.4, 0.5) is 18.0 Å². The SMILES string of the molecule is CC(C)(C)OC(=O)N1CCC(C(C=O)c2ccccc2C(F)(F)F)C1. The largest absolute Gasteiger partial charge is 0.444 e. The number of rotatable bonds is 3. The summed E-state index contributed by atoms with van der Waals surface area (Å²) in [6.45, 7) is 5.79. The molecular weight excluding hydrogens is 335 g/mol. The summed E-state index contributed by atoms with van der Waals surface area (Å²) in [6.07, 6.45) is -4.03. The van der Waals surface area contributed by atoms with Crippen LogP contribution in [0, 0.1) is 5.92 Å². The second kappa shape index (κ2) is 7.06. The topological polar surface area (TPSA) is 46.6 Å². The van der Waals surface area contributed by atoms with Crippen LogP contribution in [-0.4, -0.2) is 36.0 Å². The zero-order valence-electron chi connectivity index (χ0n) is 14.5. The number of nitrogens with zero attached hydrogens (tertiary/aromatic N) is 1. The fourth-order valence-electron chi connectivity index (χ4n) is 3.06. The lowest BCUT2D eigenvalue weighted by atomic mass is 9.84. The van der Waals surface area contributed by atoms with Gasteiger partial charge in [-0.25, -0.2) is 4.79 Å². The molecule has 138 valence electrons. The Morgan fingerprint density at radius 1 is 1.28 bits per heavy atom. The Bertz CT molecular complexity index is 637. The van der Waals surface area contributed by atoms with Crippen molar-refractivity contribution >= 4 is 12.4 Å². The summed E-state index contributed by atoms with van der Waals surface area (Å²) in [6, 6.07) is 5.10. The van der Waals surface area contributed by atoms with Crippen LogP contribution < -0.4 is 0 Å². The first-order valence-electron chi connectivity index (χ1n) is 8.12. The molecule has 0 spiro atoms. The van der Waals surface area contributed by atoms with Crippen LogP contribution >= 0.6 is 0 Å². The van der Waals surface area contributed by atoms with E-state index < -0.39 is 29.4 Å². The molecule has 1 saturated heterocycles. The van der Waals surface area contributed by atoms with Gasteiger partial charge in [0.15, 0.2) is 0 Å². The average Bonchev–Trinajstić information content (AvgIpc) is 2.95. The highest BCUT2D eigenvalue weighted by Crippen LogP contribution is 2.39. The Kier molecular flexibility index (Phi) is 5.44. The number of aldehydes is 1. The number of benzene rings is 1. The van der Waals surface area contributed by atoms with E-state index in [-0.39, 0.29) is 18.0 Å². The van der Waals surface area contributed by atoms with E-state index in [1.165, 1.54) is 23.1 Å². The van der Waals surface area contributed by atoms with Gasteiger partial charge in [-0.05, 0) is 44.7 Å². The molecule has 1 heterocycles. The van der Waals surface area contributed by atoms with Crippen molar-refractivity contribution in [1.29, 1.82) is 0 Å². The quantitative estimate of drug-likeness (QED) is 0.760. The molecule has 1 aliphatic heterocycles. The molecule has 4 nitrogen and oxygen atoms in total. The van der Waals surface area contributed by atoms with Crippen molar-refractivity contribution in [2.24, 2.45) is 5.92 Å². The first kappa shape index (κ1) is 19.3. The number of alkyl halides is 3. The minimum atomic E-state index is -4.53. The molecule has 0 N–H and O–H groups in total. The summed E-state index contributed by atoms with van der Waals surface area (Å²) < 4.78 is 45.0. The smallest absolute Gasteiger partial charge is 0.416 e. The van der Waals surface area contributed by atoms with Gasteiger partial charge in [-0.1, -0.05) is 18.2 Å². The molecule has 0 radical (unpaired) electrons. The molecule has 0 aliphatic carbocycles. The van der Waals surface area contributed by atoms with E-state index in [1.807, 2.05) is 0 Å². The Balaban J connectivity index is 2.19. The standard InChI is InChI=1S/C18H22F3NO3/c1-17(2,3)25-16(24)22-9-8-12(10-22)14(11-23)13-6-4-5-7-15(13)18(19,20)21/h4-7,11-12,14H,8-10H2,1-3H3. The maximum Gasteiger partial charge on any atom is 0.416 e. The summed E-state index contributed by atoms with van der Waals surface area (Å²) >= 11 is 0. The number of ether oxygens (including phenoxy) is 1. The molecule has 1 aliphatic rings. The first-order chi connectivity index (χ1) is 11.5. The van der Waals surface area contributed by atoms with Gasteiger partial charge in [0.1, 0.15) is 11.9 Å². The minimum absolute atomic E-state index is 0.0407. The van der Waals surface area contributed by atoms with Gasteiger partial charge in [-0.15, -0.1) is 0 Å². The Labute approximate surface area is 144 Å². The van der Waals surface area contributed by atoms with E-state index in [9.17, 15) is 22.8 Å². The molecular formula is C18H22F3NO3. The van der Waals surface area contributed by atoms with Crippen molar-refractivity contribution < 1.29 is 27.5 Å². The lowest BCUT2D eigenvalue weighted by Gasteiger charge is -2.25. The summed E-state index contributed by atoms with van der Waals surface area (Å²) in [4.78, 5) is 25.1. The van der Waals surface area contributed by atoms with E-state index in [2.05, 4.69) is 0 Å². The number of hydrogen-bond donors (Lipinski definition) is 0. The number of carbonyl (C=O) groups is 2. The first-order valence-corrected chi connectivity index (χ1v) is 8.12. The molecule has 2 rings (SSSR count).